The van der Waals surface area contributed by atoms with Gasteiger partial charge in [-0.2, -0.15) is 5.26 Å². The molecular weight excluding hydrogens is 238 g/mol. The predicted molar refractivity (Wildman–Crippen MR) is 75.0 cm³/mol. The molecule has 0 aliphatic carbocycles. The molecule has 1 amide bonds. The molecule has 0 aliphatic rings. The Labute approximate surface area is 114 Å². The van der Waals surface area contributed by atoms with Crippen LogP contribution in [0.2, 0.25) is 0 Å². The zero-order valence-electron chi connectivity index (χ0n) is 11.5. The predicted octanol–water partition coefficient (Wildman–Crippen LogP) is 2.08. The number of nitriles is 1. The van der Waals surface area contributed by atoms with Crippen LogP contribution in [0.1, 0.15) is 31.4 Å². The van der Waals surface area contributed by atoms with Crippen LogP contribution in [-0.4, -0.2) is 24.4 Å². The molecule has 0 saturated carbocycles. The summed E-state index contributed by atoms with van der Waals surface area (Å²) in [6, 6.07) is 11.8. The molecule has 0 bridgehead atoms. The molecule has 0 aromatic heterocycles. The first-order valence-electron chi connectivity index (χ1n) is 6.48. The smallest absolute Gasteiger partial charge is 0.222 e. The van der Waals surface area contributed by atoms with Gasteiger partial charge in [-0.3, -0.25) is 4.79 Å². The number of benzene rings is 1. The minimum Gasteiger partial charge on any atom is -0.344 e. The third-order valence-electron chi connectivity index (χ3n) is 3.09. The number of carbonyl (C=O) groups excluding carboxylic acids is 1. The lowest BCUT2D eigenvalue weighted by molar-refractivity contribution is -0.130. The van der Waals surface area contributed by atoms with Crippen LogP contribution in [0.3, 0.4) is 0 Å². The molecule has 2 atom stereocenters. The maximum absolute atomic E-state index is 11.9. The molecule has 0 heterocycles. The van der Waals surface area contributed by atoms with E-state index in [0.29, 0.717) is 19.4 Å². The summed E-state index contributed by atoms with van der Waals surface area (Å²) < 4.78 is 0. The van der Waals surface area contributed by atoms with Gasteiger partial charge >= 0.3 is 0 Å². The maximum atomic E-state index is 11.9. The van der Waals surface area contributed by atoms with E-state index in [0.717, 1.165) is 5.56 Å². The standard InChI is InChI=1S/C15H21N3O/c1-12(10-16)11-18(2)15(19)9-8-14(17)13-6-4-3-5-7-13/h3-7,12,14H,8-9,11,17H2,1-2H3. The van der Waals surface area contributed by atoms with Gasteiger partial charge in [0.05, 0.1) is 12.0 Å². The Bertz CT molecular complexity index is 438. The third-order valence-corrected chi connectivity index (χ3v) is 3.09. The average molecular weight is 259 g/mol. The molecule has 1 aromatic rings. The molecule has 0 spiro atoms. The highest BCUT2D eigenvalue weighted by atomic mass is 16.2. The Balaban J connectivity index is 2.40. The number of carbonyl (C=O) groups is 1. The number of hydrogen-bond donors (Lipinski definition) is 1. The topological polar surface area (TPSA) is 70.1 Å². The number of nitrogens with zero attached hydrogens (tertiary/aromatic N) is 2. The lowest BCUT2D eigenvalue weighted by Crippen LogP contribution is -2.31. The normalized spacial score (nSPS) is 13.4. The van der Waals surface area contributed by atoms with Crippen LogP contribution in [0, 0.1) is 17.2 Å². The molecule has 4 heteroatoms. The number of rotatable bonds is 6. The van der Waals surface area contributed by atoms with E-state index in [1.807, 2.05) is 30.3 Å². The van der Waals surface area contributed by atoms with Gasteiger partial charge < -0.3 is 10.6 Å². The Kier molecular flexibility index (Phi) is 6.04. The van der Waals surface area contributed by atoms with Crippen molar-refractivity contribution < 1.29 is 4.79 Å². The second-order valence-corrected chi connectivity index (χ2v) is 4.86. The van der Waals surface area contributed by atoms with Crippen molar-refractivity contribution in [3.05, 3.63) is 35.9 Å². The van der Waals surface area contributed by atoms with Crippen LogP contribution in [0.15, 0.2) is 30.3 Å². The van der Waals surface area contributed by atoms with Crippen molar-refractivity contribution in [2.45, 2.75) is 25.8 Å². The molecule has 1 aromatic carbocycles. The van der Waals surface area contributed by atoms with Gasteiger partial charge in [0.1, 0.15) is 0 Å². The van der Waals surface area contributed by atoms with Crippen molar-refractivity contribution in [2.75, 3.05) is 13.6 Å². The van der Waals surface area contributed by atoms with Crippen LogP contribution >= 0.6 is 0 Å². The third kappa shape index (κ3) is 5.11. The van der Waals surface area contributed by atoms with Crippen LogP contribution in [0.4, 0.5) is 0 Å². The molecule has 2 N–H and O–H groups in total. The van der Waals surface area contributed by atoms with Gasteiger partial charge in [0, 0.05) is 26.1 Å². The highest BCUT2D eigenvalue weighted by molar-refractivity contribution is 5.75. The first-order chi connectivity index (χ1) is 9.04. The van der Waals surface area contributed by atoms with Crippen LogP contribution in [0.25, 0.3) is 0 Å². The molecule has 0 radical (unpaired) electrons. The zero-order valence-corrected chi connectivity index (χ0v) is 11.5. The lowest BCUT2D eigenvalue weighted by atomic mass is 10.0. The van der Waals surface area contributed by atoms with E-state index in [-0.39, 0.29) is 17.9 Å². The van der Waals surface area contributed by atoms with Gasteiger partial charge in [-0.05, 0) is 18.9 Å². The van der Waals surface area contributed by atoms with Crippen molar-refractivity contribution in [3.8, 4) is 6.07 Å². The van der Waals surface area contributed by atoms with Crippen molar-refractivity contribution in [3.63, 3.8) is 0 Å². The zero-order chi connectivity index (χ0) is 14.3. The Morgan fingerprint density at radius 2 is 2.05 bits per heavy atom. The van der Waals surface area contributed by atoms with Gasteiger partial charge in [0.15, 0.2) is 0 Å². The molecule has 0 saturated heterocycles. The van der Waals surface area contributed by atoms with Crippen molar-refractivity contribution in [2.24, 2.45) is 11.7 Å². The summed E-state index contributed by atoms with van der Waals surface area (Å²) in [5.41, 5.74) is 7.09. The van der Waals surface area contributed by atoms with E-state index in [1.54, 1.807) is 18.9 Å². The molecule has 0 fully saturated rings. The van der Waals surface area contributed by atoms with Gasteiger partial charge in [-0.25, -0.2) is 0 Å². The van der Waals surface area contributed by atoms with E-state index in [2.05, 4.69) is 6.07 Å². The molecular formula is C15H21N3O. The average Bonchev–Trinajstić information content (AvgIpc) is 2.44. The quantitative estimate of drug-likeness (QED) is 0.850. The summed E-state index contributed by atoms with van der Waals surface area (Å²) in [4.78, 5) is 13.5. The molecule has 102 valence electrons. The molecule has 19 heavy (non-hydrogen) atoms. The van der Waals surface area contributed by atoms with Gasteiger partial charge in [0.2, 0.25) is 5.91 Å². The van der Waals surface area contributed by atoms with Crippen LogP contribution in [-0.2, 0) is 4.79 Å². The summed E-state index contributed by atoms with van der Waals surface area (Å²) in [5.74, 6) is -0.106. The second-order valence-electron chi connectivity index (χ2n) is 4.86. The highest BCUT2D eigenvalue weighted by Gasteiger charge is 2.14. The van der Waals surface area contributed by atoms with Crippen LogP contribution in [0.5, 0.6) is 0 Å². The van der Waals surface area contributed by atoms with E-state index < -0.39 is 0 Å². The van der Waals surface area contributed by atoms with E-state index in [4.69, 9.17) is 11.0 Å². The highest BCUT2D eigenvalue weighted by Crippen LogP contribution is 2.15. The molecule has 0 aliphatic heterocycles. The second kappa shape index (κ2) is 7.55. The fraction of sp³-hybridized carbons (Fsp3) is 0.467. The Hall–Kier alpha value is -1.86. The maximum Gasteiger partial charge on any atom is 0.222 e. The van der Waals surface area contributed by atoms with E-state index >= 15 is 0 Å². The summed E-state index contributed by atoms with van der Waals surface area (Å²) in [7, 11) is 1.73. The van der Waals surface area contributed by atoms with Crippen LogP contribution < -0.4 is 5.73 Å². The summed E-state index contributed by atoms with van der Waals surface area (Å²) in [6.45, 7) is 2.27. The summed E-state index contributed by atoms with van der Waals surface area (Å²) in [5, 5.41) is 8.72. The molecule has 1 rings (SSSR count). The first kappa shape index (κ1) is 15.2. The fourth-order valence-corrected chi connectivity index (χ4v) is 1.89. The molecule has 4 nitrogen and oxygen atoms in total. The first-order valence-corrected chi connectivity index (χ1v) is 6.48. The SMILES string of the molecule is CC(C#N)CN(C)C(=O)CCC(N)c1ccccc1. The van der Waals surface area contributed by atoms with Crippen molar-refractivity contribution >= 4 is 5.91 Å². The number of nitrogens with two attached hydrogens (primary N) is 1. The monoisotopic (exact) mass is 259 g/mol. The van der Waals surface area contributed by atoms with E-state index in [1.165, 1.54) is 0 Å². The number of amides is 1. The summed E-state index contributed by atoms with van der Waals surface area (Å²) in [6.07, 6.45) is 1.03. The van der Waals surface area contributed by atoms with E-state index in [9.17, 15) is 4.79 Å². The molecule has 2 unspecified atom stereocenters. The minimum atomic E-state index is -0.142. The Morgan fingerprint density at radius 1 is 1.42 bits per heavy atom. The lowest BCUT2D eigenvalue weighted by Gasteiger charge is -2.19. The fourth-order valence-electron chi connectivity index (χ4n) is 1.89. The van der Waals surface area contributed by atoms with Gasteiger partial charge in [-0.1, -0.05) is 30.3 Å². The minimum absolute atomic E-state index is 0.0356. The van der Waals surface area contributed by atoms with Crippen molar-refractivity contribution in [1.82, 2.24) is 4.90 Å². The van der Waals surface area contributed by atoms with Crippen molar-refractivity contribution in [1.29, 1.82) is 5.26 Å². The number of hydrogen-bond acceptors (Lipinski definition) is 3. The van der Waals surface area contributed by atoms with Gasteiger partial charge in [-0.15, -0.1) is 0 Å². The Morgan fingerprint density at radius 3 is 2.63 bits per heavy atom. The largest absolute Gasteiger partial charge is 0.344 e. The van der Waals surface area contributed by atoms with Gasteiger partial charge in [0.25, 0.3) is 0 Å². The summed E-state index contributed by atoms with van der Waals surface area (Å²) >= 11 is 0.